The second-order valence-corrected chi connectivity index (χ2v) is 5.86. The van der Waals surface area contributed by atoms with Crippen molar-refractivity contribution in [1.82, 2.24) is 15.5 Å². The summed E-state index contributed by atoms with van der Waals surface area (Å²) in [6.07, 6.45) is 3.55. The smallest absolute Gasteiger partial charge is 0.294 e. The highest BCUT2D eigenvalue weighted by Gasteiger charge is 2.22. The Hall–Kier alpha value is -0.680. The normalized spacial score (nSPS) is 16.4. The maximum absolute atomic E-state index is 5.77. The Kier molecular flexibility index (Phi) is 3.44. The van der Waals surface area contributed by atoms with Crippen molar-refractivity contribution < 1.29 is 4.74 Å². The minimum atomic E-state index is -0.152. The van der Waals surface area contributed by atoms with E-state index in [0.29, 0.717) is 11.2 Å². The second-order valence-electron chi connectivity index (χ2n) is 4.83. The molecule has 5 heteroatoms. The molecule has 4 nitrogen and oxygen atoms in total. The van der Waals surface area contributed by atoms with Crippen LogP contribution in [0.3, 0.4) is 0 Å². The first-order valence-electron chi connectivity index (χ1n) is 5.84. The van der Waals surface area contributed by atoms with E-state index < -0.39 is 0 Å². The van der Waals surface area contributed by atoms with Crippen LogP contribution in [0.1, 0.15) is 45.0 Å². The average molecular weight is 241 g/mol. The Morgan fingerprint density at radius 1 is 1.44 bits per heavy atom. The SMILES string of the molecule is CCC(C)(C)Oc1nnc(CNC2CC2)s1. The molecule has 1 saturated carbocycles. The maximum atomic E-state index is 5.77. The molecule has 1 aliphatic rings. The molecule has 0 spiro atoms. The van der Waals surface area contributed by atoms with Crippen LogP contribution in [0, 0.1) is 0 Å². The first-order chi connectivity index (χ1) is 7.59. The van der Waals surface area contributed by atoms with Crippen LogP contribution in [0.5, 0.6) is 5.19 Å². The molecule has 16 heavy (non-hydrogen) atoms. The molecule has 0 aliphatic heterocycles. The Morgan fingerprint density at radius 2 is 2.19 bits per heavy atom. The molecule has 0 amide bonds. The summed E-state index contributed by atoms with van der Waals surface area (Å²) in [4.78, 5) is 0. The van der Waals surface area contributed by atoms with E-state index >= 15 is 0 Å². The van der Waals surface area contributed by atoms with Gasteiger partial charge in [-0.05, 0) is 33.1 Å². The fourth-order valence-corrected chi connectivity index (χ4v) is 1.97. The Bertz CT molecular complexity index is 347. The molecule has 0 atom stereocenters. The molecule has 0 aromatic carbocycles. The monoisotopic (exact) mass is 241 g/mol. The van der Waals surface area contributed by atoms with Crippen molar-refractivity contribution in [2.24, 2.45) is 0 Å². The second kappa shape index (κ2) is 4.67. The number of rotatable bonds is 6. The third-order valence-electron chi connectivity index (χ3n) is 2.78. The van der Waals surface area contributed by atoms with Crippen LogP contribution in [0.2, 0.25) is 0 Å². The number of nitrogens with one attached hydrogen (secondary N) is 1. The van der Waals surface area contributed by atoms with E-state index in [-0.39, 0.29) is 5.60 Å². The van der Waals surface area contributed by atoms with Gasteiger partial charge in [-0.1, -0.05) is 23.4 Å². The van der Waals surface area contributed by atoms with E-state index in [1.165, 1.54) is 24.2 Å². The fourth-order valence-electron chi connectivity index (χ4n) is 1.18. The third kappa shape index (κ3) is 3.42. The van der Waals surface area contributed by atoms with Gasteiger partial charge in [0.05, 0.1) is 6.54 Å². The molecule has 90 valence electrons. The first kappa shape index (κ1) is 11.8. The third-order valence-corrected chi connectivity index (χ3v) is 3.58. The molecule has 1 fully saturated rings. The summed E-state index contributed by atoms with van der Waals surface area (Å²) in [5, 5.41) is 13.3. The Labute approximate surface area is 100 Å². The lowest BCUT2D eigenvalue weighted by atomic mass is 10.1. The van der Waals surface area contributed by atoms with Gasteiger partial charge in [-0.25, -0.2) is 0 Å². The molecular weight excluding hydrogens is 222 g/mol. The van der Waals surface area contributed by atoms with Crippen molar-refractivity contribution in [2.75, 3.05) is 0 Å². The van der Waals surface area contributed by atoms with Crippen molar-refractivity contribution >= 4 is 11.3 Å². The molecule has 0 bridgehead atoms. The summed E-state index contributed by atoms with van der Waals surface area (Å²) < 4.78 is 5.77. The molecule has 0 unspecified atom stereocenters. The fraction of sp³-hybridized carbons (Fsp3) is 0.818. The van der Waals surface area contributed by atoms with E-state index in [4.69, 9.17) is 4.74 Å². The van der Waals surface area contributed by atoms with E-state index in [0.717, 1.165) is 18.0 Å². The van der Waals surface area contributed by atoms with Gasteiger partial charge in [-0.3, -0.25) is 0 Å². The number of ether oxygens (including phenoxy) is 1. The van der Waals surface area contributed by atoms with Gasteiger partial charge in [-0.15, -0.1) is 5.10 Å². The quantitative estimate of drug-likeness (QED) is 0.830. The average Bonchev–Trinajstić information content (AvgIpc) is 2.97. The van der Waals surface area contributed by atoms with Gasteiger partial charge in [0, 0.05) is 6.04 Å². The highest BCUT2D eigenvalue weighted by Crippen LogP contribution is 2.25. The Morgan fingerprint density at radius 3 is 2.81 bits per heavy atom. The highest BCUT2D eigenvalue weighted by atomic mass is 32.1. The van der Waals surface area contributed by atoms with Gasteiger partial charge >= 0.3 is 0 Å². The molecule has 1 N–H and O–H groups in total. The molecule has 0 radical (unpaired) electrons. The largest absolute Gasteiger partial charge is 0.463 e. The van der Waals surface area contributed by atoms with Gasteiger partial charge < -0.3 is 10.1 Å². The van der Waals surface area contributed by atoms with E-state index in [1.54, 1.807) is 0 Å². The standard InChI is InChI=1S/C11H19N3OS/c1-4-11(2,3)15-10-14-13-9(16-10)7-12-8-5-6-8/h8,12H,4-7H2,1-3H3. The summed E-state index contributed by atoms with van der Waals surface area (Å²) in [6.45, 7) is 7.06. The molecule has 0 saturated heterocycles. The predicted octanol–water partition coefficient (Wildman–Crippen LogP) is 2.36. The van der Waals surface area contributed by atoms with Gasteiger partial charge in [0.25, 0.3) is 5.19 Å². The van der Waals surface area contributed by atoms with Crippen LogP contribution in [0.4, 0.5) is 0 Å². The maximum Gasteiger partial charge on any atom is 0.294 e. The van der Waals surface area contributed by atoms with E-state index in [9.17, 15) is 0 Å². The van der Waals surface area contributed by atoms with Gasteiger partial charge in [0.15, 0.2) is 0 Å². The van der Waals surface area contributed by atoms with Gasteiger partial charge in [-0.2, -0.15) is 0 Å². The van der Waals surface area contributed by atoms with Crippen molar-refractivity contribution in [3.8, 4) is 5.19 Å². The van der Waals surface area contributed by atoms with Crippen molar-refractivity contribution in [2.45, 2.75) is 58.2 Å². The Balaban J connectivity index is 1.85. The predicted molar refractivity (Wildman–Crippen MR) is 64.8 cm³/mol. The lowest BCUT2D eigenvalue weighted by Gasteiger charge is -2.22. The molecule has 2 rings (SSSR count). The van der Waals surface area contributed by atoms with Crippen LogP contribution >= 0.6 is 11.3 Å². The summed E-state index contributed by atoms with van der Waals surface area (Å²) in [6, 6.07) is 0.709. The zero-order chi connectivity index (χ0) is 11.6. The van der Waals surface area contributed by atoms with Crippen molar-refractivity contribution in [3.05, 3.63) is 5.01 Å². The van der Waals surface area contributed by atoms with Crippen LogP contribution in [0.25, 0.3) is 0 Å². The van der Waals surface area contributed by atoms with Crippen LogP contribution < -0.4 is 10.1 Å². The minimum absolute atomic E-state index is 0.152. The van der Waals surface area contributed by atoms with E-state index in [1.807, 2.05) is 0 Å². The number of nitrogens with zero attached hydrogens (tertiary/aromatic N) is 2. The zero-order valence-corrected chi connectivity index (χ0v) is 10.9. The van der Waals surface area contributed by atoms with Crippen molar-refractivity contribution in [1.29, 1.82) is 0 Å². The molecule has 1 heterocycles. The zero-order valence-electron chi connectivity index (χ0n) is 10.1. The molecular formula is C11H19N3OS. The van der Waals surface area contributed by atoms with Crippen LogP contribution in [0.15, 0.2) is 0 Å². The van der Waals surface area contributed by atoms with Crippen molar-refractivity contribution in [3.63, 3.8) is 0 Å². The van der Waals surface area contributed by atoms with E-state index in [2.05, 4.69) is 36.3 Å². The molecule has 1 aliphatic carbocycles. The topological polar surface area (TPSA) is 47.0 Å². The lowest BCUT2D eigenvalue weighted by molar-refractivity contribution is 0.104. The number of hydrogen-bond donors (Lipinski definition) is 1. The summed E-state index contributed by atoms with van der Waals surface area (Å²) >= 11 is 1.54. The number of aromatic nitrogens is 2. The lowest BCUT2D eigenvalue weighted by Crippen LogP contribution is -2.26. The summed E-state index contributed by atoms with van der Waals surface area (Å²) in [5.74, 6) is 0. The summed E-state index contributed by atoms with van der Waals surface area (Å²) in [7, 11) is 0. The van der Waals surface area contributed by atoms with Crippen LogP contribution in [-0.2, 0) is 6.54 Å². The van der Waals surface area contributed by atoms with Crippen LogP contribution in [-0.4, -0.2) is 21.8 Å². The first-order valence-corrected chi connectivity index (χ1v) is 6.65. The summed E-state index contributed by atoms with van der Waals surface area (Å²) in [5.41, 5.74) is -0.152. The highest BCUT2D eigenvalue weighted by molar-refractivity contribution is 7.13. The molecule has 1 aromatic rings. The molecule has 1 aromatic heterocycles. The minimum Gasteiger partial charge on any atom is -0.463 e. The van der Waals surface area contributed by atoms with Gasteiger partial charge in [0.1, 0.15) is 10.6 Å². The van der Waals surface area contributed by atoms with Gasteiger partial charge in [0.2, 0.25) is 0 Å². The number of hydrogen-bond acceptors (Lipinski definition) is 5.